The highest BCUT2D eigenvalue weighted by molar-refractivity contribution is 5.79. The van der Waals surface area contributed by atoms with Crippen LogP contribution in [0.1, 0.15) is 31.5 Å². The van der Waals surface area contributed by atoms with E-state index in [0.29, 0.717) is 18.4 Å². The van der Waals surface area contributed by atoms with E-state index < -0.39 is 0 Å². The average Bonchev–Trinajstić information content (AvgIpc) is 3.36. The zero-order valence-corrected chi connectivity index (χ0v) is 13.8. The van der Waals surface area contributed by atoms with Gasteiger partial charge in [-0.25, -0.2) is 0 Å². The Hall–Kier alpha value is -2.17. The van der Waals surface area contributed by atoms with Gasteiger partial charge in [0.05, 0.1) is 6.54 Å². The molecule has 3 aliphatic rings. The number of amides is 1. The van der Waals surface area contributed by atoms with Crippen molar-refractivity contribution in [2.24, 2.45) is 17.8 Å². The van der Waals surface area contributed by atoms with Crippen LogP contribution in [0.4, 0.5) is 0 Å². The smallest absolute Gasteiger partial charge is 0.226 e. The van der Waals surface area contributed by atoms with E-state index in [0.717, 1.165) is 42.6 Å². The minimum absolute atomic E-state index is 0.270. The third-order valence-electron chi connectivity index (χ3n) is 6.15. The molecule has 0 saturated heterocycles. The van der Waals surface area contributed by atoms with Crippen LogP contribution in [0.5, 0.6) is 0 Å². The maximum Gasteiger partial charge on any atom is 0.226 e. The highest BCUT2D eigenvalue weighted by Crippen LogP contribution is 2.49. The number of fused-ring (bicyclic) bond motifs is 3. The van der Waals surface area contributed by atoms with Crippen LogP contribution in [0.3, 0.4) is 0 Å². The summed E-state index contributed by atoms with van der Waals surface area (Å²) in [5, 5.41) is 8.73. The molecule has 5 rings (SSSR count). The van der Waals surface area contributed by atoms with Gasteiger partial charge in [-0.05, 0) is 31.1 Å². The van der Waals surface area contributed by atoms with Gasteiger partial charge in [0.25, 0.3) is 0 Å². The Labute approximate surface area is 141 Å². The molecule has 3 atom stereocenters. The van der Waals surface area contributed by atoms with Crippen molar-refractivity contribution >= 4 is 5.91 Å². The molecule has 1 aromatic heterocycles. The lowest BCUT2D eigenvalue weighted by atomic mass is 9.87. The molecule has 124 valence electrons. The molecule has 2 saturated carbocycles. The number of nitrogens with zero attached hydrogens (tertiary/aromatic N) is 4. The predicted octanol–water partition coefficient (Wildman–Crippen LogP) is 2.72. The molecule has 2 fully saturated rings. The molecule has 1 amide bonds. The highest BCUT2D eigenvalue weighted by atomic mass is 16.2. The molecule has 5 nitrogen and oxygen atoms in total. The first-order chi connectivity index (χ1) is 11.8. The van der Waals surface area contributed by atoms with Gasteiger partial charge in [-0.3, -0.25) is 4.79 Å². The van der Waals surface area contributed by atoms with Crippen LogP contribution in [0.25, 0.3) is 11.4 Å². The standard InChI is InChI=1S/C19H22N4O/c24-19(16-11-13-6-7-15(16)10-13)22-8-9-23-17(12-22)20-21-18(23)14-4-2-1-3-5-14/h1-5,13,15-16H,6-12H2/t13-,15-,16-/m0/s1. The first-order valence-electron chi connectivity index (χ1n) is 9.06. The second kappa shape index (κ2) is 5.43. The zero-order chi connectivity index (χ0) is 16.1. The highest BCUT2D eigenvalue weighted by Gasteiger charge is 2.44. The molecule has 1 aliphatic heterocycles. The SMILES string of the molecule is O=C([C@H]1C[C@H]2CC[C@H]1C2)N1CCn2c(nnc2-c2ccccc2)C1. The molecule has 2 bridgehead atoms. The Kier molecular flexibility index (Phi) is 3.21. The van der Waals surface area contributed by atoms with Gasteiger partial charge < -0.3 is 9.47 Å². The van der Waals surface area contributed by atoms with Gasteiger partial charge in [-0.1, -0.05) is 36.8 Å². The summed E-state index contributed by atoms with van der Waals surface area (Å²) in [6.07, 6.45) is 4.98. The maximum absolute atomic E-state index is 12.9. The van der Waals surface area contributed by atoms with Crippen molar-refractivity contribution in [1.82, 2.24) is 19.7 Å². The van der Waals surface area contributed by atoms with Crippen LogP contribution in [-0.4, -0.2) is 32.1 Å². The fourth-order valence-electron chi connectivity index (χ4n) is 4.93. The van der Waals surface area contributed by atoms with Gasteiger partial charge in [0, 0.05) is 24.6 Å². The Balaban J connectivity index is 1.36. The lowest BCUT2D eigenvalue weighted by Gasteiger charge is -2.32. The average molecular weight is 322 g/mol. The molecule has 0 spiro atoms. The summed E-state index contributed by atoms with van der Waals surface area (Å²) < 4.78 is 2.17. The van der Waals surface area contributed by atoms with Crippen molar-refractivity contribution in [3.8, 4) is 11.4 Å². The van der Waals surface area contributed by atoms with E-state index >= 15 is 0 Å². The minimum atomic E-state index is 0.270. The fourth-order valence-corrected chi connectivity index (χ4v) is 4.93. The van der Waals surface area contributed by atoms with E-state index in [-0.39, 0.29) is 5.92 Å². The first kappa shape index (κ1) is 14.2. The number of hydrogen-bond acceptors (Lipinski definition) is 3. The molecule has 5 heteroatoms. The number of rotatable bonds is 2. The topological polar surface area (TPSA) is 51.0 Å². The lowest BCUT2D eigenvalue weighted by Crippen LogP contribution is -2.43. The van der Waals surface area contributed by atoms with Crippen LogP contribution in [0, 0.1) is 17.8 Å². The van der Waals surface area contributed by atoms with Crippen molar-refractivity contribution in [3.05, 3.63) is 36.2 Å². The van der Waals surface area contributed by atoms with Crippen LogP contribution in [0.2, 0.25) is 0 Å². The molecule has 0 unspecified atom stereocenters. The van der Waals surface area contributed by atoms with Crippen molar-refractivity contribution in [2.75, 3.05) is 6.54 Å². The molecule has 2 aliphatic carbocycles. The van der Waals surface area contributed by atoms with Crippen molar-refractivity contribution < 1.29 is 4.79 Å². The van der Waals surface area contributed by atoms with Crippen LogP contribution >= 0.6 is 0 Å². The van der Waals surface area contributed by atoms with Crippen LogP contribution < -0.4 is 0 Å². The van der Waals surface area contributed by atoms with E-state index in [9.17, 15) is 4.79 Å². The van der Waals surface area contributed by atoms with E-state index in [4.69, 9.17) is 0 Å². The normalized spacial score (nSPS) is 28.2. The molecule has 0 N–H and O–H groups in total. The molecule has 2 heterocycles. The number of aromatic nitrogens is 3. The second-order valence-electron chi connectivity index (χ2n) is 7.50. The number of benzene rings is 1. The number of carbonyl (C=O) groups excluding carboxylic acids is 1. The third kappa shape index (κ3) is 2.18. The Morgan fingerprint density at radius 3 is 2.67 bits per heavy atom. The lowest BCUT2D eigenvalue weighted by molar-refractivity contribution is -0.138. The van der Waals surface area contributed by atoms with Crippen molar-refractivity contribution in [2.45, 2.75) is 38.8 Å². The monoisotopic (exact) mass is 322 g/mol. The minimum Gasteiger partial charge on any atom is -0.333 e. The maximum atomic E-state index is 12.9. The largest absolute Gasteiger partial charge is 0.333 e. The van der Waals surface area contributed by atoms with E-state index in [1.807, 2.05) is 23.1 Å². The molecular formula is C19H22N4O. The fraction of sp³-hybridized carbons (Fsp3) is 0.526. The van der Waals surface area contributed by atoms with E-state index in [1.54, 1.807) is 0 Å². The third-order valence-corrected chi connectivity index (χ3v) is 6.15. The summed E-state index contributed by atoms with van der Waals surface area (Å²) in [5.74, 6) is 3.91. The molecule has 2 aromatic rings. The summed E-state index contributed by atoms with van der Waals surface area (Å²) in [7, 11) is 0. The quantitative estimate of drug-likeness (QED) is 0.854. The van der Waals surface area contributed by atoms with Crippen LogP contribution in [0.15, 0.2) is 30.3 Å². The summed E-state index contributed by atoms with van der Waals surface area (Å²) in [5.41, 5.74) is 1.09. The molecule has 0 radical (unpaired) electrons. The first-order valence-corrected chi connectivity index (χ1v) is 9.06. The zero-order valence-electron chi connectivity index (χ0n) is 13.8. The number of hydrogen-bond donors (Lipinski definition) is 0. The summed E-state index contributed by atoms with van der Waals surface area (Å²) in [4.78, 5) is 15.0. The van der Waals surface area contributed by atoms with Gasteiger partial charge in [-0.15, -0.1) is 10.2 Å². The molecule has 24 heavy (non-hydrogen) atoms. The molecule has 1 aromatic carbocycles. The van der Waals surface area contributed by atoms with Crippen LogP contribution in [-0.2, 0) is 17.9 Å². The van der Waals surface area contributed by atoms with Crippen molar-refractivity contribution in [1.29, 1.82) is 0 Å². The van der Waals surface area contributed by atoms with E-state index in [1.165, 1.54) is 19.3 Å². The molecular weight excluding hydrogens is 300 g/mol. The van der Waals surface area contributed by atoms with Gasteiger partial charge in [0.2, 0.25) is 5.91 Å². The van der Waals surface area contributed by atoms with Gasteiger partial charge in [-0.2, -0.15) is 0 Å². The summed E-state index contributed by atoms with van der Waals surface area (Å²) >= 11 is 0. The predicted molar refractivity (Wildman–Crippen MR) is 89.8 cm³/mol. The Bertz CT molecular complexity index is 769. The van der Waals surface area contributed by atoms with E-state index in [2.05, 4.69) is 26.9 Å². The Morgan fingerprint density at radius 2 is 1.92 bits per heavy atom. The number of carbonyl (C=O) groups is 1. The van der Waals surface area contributed by atoms with Gasteiger partial charge >= 0.3 is 0 Å². The Morgan fingerprint density at radius 1 is 1.04 bits per heavy atom. The van der Waals surface area contributed by atoms with Crippen molar-refractivity contribution in [3.63, 3.8) is 0 Å². The van der Waals surface area contributed by atoms with Gasteiger partial charge in [0.1, 0.15) is 0 Å². The second-order valence-corrected chi connectivity index (χ2v) is 7.50. The summed E-state index contributed by atoms with van der Waals surface area (Å²) in [6, 6.07) is 10.2. The van der Waals surface area contributed by atoms with Gasteiger partial charge in [0.15, 0.2) is 11.6 Å². The summed E-state index contributed by atoms with van der Waals surface area (Å²) in [6.45, 7) is 2.17.